The molecule has 3 aromatic rings. The topological polar surface area (TPSA) is 68.3 Å². The summed E-state index contributed by atoms with van der Waals surface area (Å²) in [6, 6.07) is 14.1. The third kappa shape index (κ3) is 8.00. The second-order valence-electron chi connectivity index (χ2n) is 9.19. The van der Waals surface area contributed by atoms with Crippen molar-refractivity contribution in [1.82, 2.24) is 9.97 Å². The number of anilines is 4. The maximum Gasteiger partial charge on any atom is 0.421 e. The first kappa shape index (κ1) is 26.6. The molecule has 9 heteroatoms. The van der Waals surface area contributed by atoms with E-state index in [0.29, 0.717) is 23.7 Å². The summed E-state index contributed by atoms with van der Waals surface area (Å²) >= 11 is 0. The van der Waals surface area contributed by atoms with Crippen LogP contribution in [0.3, 0.4) is 0 Å². The molecule has 0 atom stereocenters. The van der Waals surface area contributed by atoms with Crippen molar-refractivity contribution >= 4 is 23.1 Å². The Labute approximate surface area is 215 Å². The molecule has 0 aliphatic heterocycles. The minimum atomic E-state index is -4.62. The fourth-order valence-corrected chi connectivity index (χ4v) is 4.21. The molecule has 0 amide bonds. The predicted molar refractivity (Wildman–Crippen MR) is 139 cm³/mol. The molecule has 2 aromatic carbocycles. The van der Waals surface area contributed by atoms with Crippen LogP contribution in [0.4, 0.5) is 36.3 Å². The van der Waals surface area contributed by atoms with Gasteiger partial charge in [0.2, 0.25) is 5.95 Å². The molecule has 0 radical (unpaired) electrons. The van der Waals surface area contributed by atoms with Crippen LogP contribution in [0.1, 0.15) is 63.9 Å². The van der Waals surface area contributed by atoms with Crippen molar-refractivity contribution in [3.8, 4) is 11.5 Å². The molecular weight excluding hydrogens is 481 g/mol. The highest BCUT2D eigenvalue weighted by Gasteiger charge is 2.35. The minimum Gasteiger partial charge on any atom is -0.494 e. The highest BCUT2D eigenvalue weighted by molar-refractivity contribution is 5.64. The van der Waals surface area contributed by atoms with E-state index in [4.69, 9.17) is 9.47 Å². The lowest BCUT2D eigenvalue weighted by molar-refractivity contribution is -0.137. The van der Waals surface area contributed by atoms with Gasteiger partial charge in [-0.2, -0.15) is 18.2 Å². The highest BCUT2D eigenvalue weighted by atomic mass is 19.4. The molecule has 0 saturated heterocycles. The largest absolute Gasteiger partial charge is 0.494 e. The van der Waals surface area contributed by atoms with E-state index >= 15 is 0 Å². The van der Waals surface area contributed by atoms with Gasteiger partial charge in [0.25, 0.3) is 0 Å². The van der Waals surface area contributed by atoms with E-state index in [1.165, 1.54) is 12.8 Å². The van der Waals surface area contributed by atoms with Gasteiger partial charge in [-0.3, -0.25) is 0 Å². The van der Waals surface area contributed by atoms with E-state index in [-0.39, 0.29) is 17.9 Å². The molecule has 0 spiro atoms. The summed E-state index contributed by atoms with van der Waals surface area (Å²) in [5.74, 6) is 1.06. The summed E-state index contributed by atoms with van der Waals surface area (Å²) in [5, 5.41) is 5.78. The van der Waals surface area contributed by atoms with Crippen LogP contribution in [-0.2, 0) is 6.18 Å². The average molecular weight is 515 g/mol. The number of ether oxygens (including phenoxy) is 2. The van der Waals surface area contributed by atoms with Crippen LogP contribution in [-0.4, -0.2) is 22.7 Å². The molecule has 1 aliphatic rings. The van der Waals surface area contributed by atoms with E-state index in [0.717, 1.165) is 50.5 Å². The lowest BCUT2D eigenvalue weighted by atomic mass is 10.2. The maximum atomic E-state index is 13.7. The first-order valence-corrected chi connectivity index (χ1v) is 12.9. The number of aromatic nitrogens is 2. The standard InChI is InChI=1S/C28H33F3N4O2/c1-2-3-4-7-17-36-22-15-13-20(14-16-22)34-27-32-19-25(28(29,30)31)26(35-27)33-21-9-8-12-24(18-21)37-23-10-5-6-11-23/h8-9,12-16,18-19,23H,2-7,10-11,17H2,1H3,(H2,32,33,34,35). The quantitative estimate of drug-likeness (QED) is 0.237. The lowest BCUT2D eigenvalue weighted by Gasteiger charge is -2.17. The van der Waals surface area contributed by atoms with Crippen LogP contribution in [0.2, 0.25) is 0 Å². The van der Waals surface area contributed by atoms with Gasteiger partial charge in [-0.1, -0.05) is 32.3 Å². The number of unbranched alkanes of at least 4 members (excludes halogenated alkanes) is 3. The van der Waals surface area contributed by atoms with Gasteiger partial charge in [-0.05, 0) is 68.5 Å². The number of hydrogen-bond donors (Lipinski definition) is 2. The molecule has 0 unspecified atom stereocenters. The molecule has 1 saturated carbocycles. The smallest absolute Gasteiger partial charge is 0.421 e. The predicted octanol–water partition coefficient (Wildman–Crippen LogP) is 8.26. The summed E-state index contributed by atoms with van der Waals surface area (Å²) in [6.45, 7) is 2.81. The molecule has 0 bridgehead atoms. The fourth-order valence-electron chi connectivity index (χ4n) is 4.21. The van der Waals surface area contributed by atoms with Gasteiger partial charge < -0.3 is 20.1 Å². The van der Waals surface area contributed by atoms with Crippen LogP contribution >= 0.6 is 0 Å². The van der Waals surface area contributed by atoms with Gasteiger partial charge in [0.15, 0.2) is 0 Å². The maximum absolute atomic E-state index is 13.7. The average Bonchev–Trinajstić information content (AvgIpc) is 3.38. The van der Waals surface area contributed by atoms with E-state index < -0.39 is 11.7 Å². The third-order valence-corrected chi connectivity index (χ3v) is 6.17. The Bertz CT molecular complexity index is 1130. The van der Waals surface area contributed by atoms with Crippen LogP contribution in [0.25, 0.3) is 0 Å². The number of nitrogens with one attached hydrogen (secondary N) is 2. The molecular formula is C28H33F3N4O2. The molecule has 198 valence electrons. The zero-order valence-electron chi connectivity index (χ0n) is 21.0. The Hall–Kier alpha value is -3.49. The number of benzene rings is 2. The lowest BCUT2D eigenvalue weighted by Crippen LogP contribution is -2.13. The van der Waals surface area contributed by atoms with Crippen molar-refractivity contribution < 1.29 is 22.6 Å². The van der Waals surface area contributed by atoms with Gasteiger partial charge in [0, 0.05) is 23.6 Å². The van der Waals surface area contributed by atoms with E-state index in [9.17, 15) is 13.2 Å². The van der Waals surface area contributed by atoms with Crippen LogP contribution < -0.4 is 20.1 Å². The Morgan fingerprint density at radius 1 is 0.919 bits per heavy atom. The SMILES string of the molecule is CCCCCCOc1ccc(Nc2ncc(C(F)(F)F)c(Nc3cccc(OC4CCCC4)c3)n2)cc1. The number of nitrogens with zero attached hydrogens (tertiary/aromatic N) is 2. The minimum absolute atomic E-state index is 0.0436. The second kappa shape index (κ2) is 12.7. The zero-order valence-corrected chi connectivity index (χ0v) is 21.0. The van der Waals surface area contributed by atoms with Crippen molar-refractivity contribution in [1.29, 1.82) is 0 Å². The van der Waals surface area contributed by atoms with Crippen LogP contribution in [0.5, 0.6) is 11.5 Å². The fraction of sp³-hybridized carbons (Fsp3) is 0.429. The molecule has 6 nitrogen and oxygen atoms in total. The van der Waals surface area contributed by atoms with Crippen LogP contribution in [0, 0.1) is 0 Å². The summed E-state index contributed by atoms with van der Waals surface area (Å²) in [5.41, 5.74) is 0.133. The van der Waals surface area contributed by atoms with Gasteiger partial charge in [-0.15, -0.1) is 0 Å². The van der Waals surface area contributed by atoms with Crippen molar-refractivity contribution in [2.24, 2.45) is 0 Å². The summed E-state index contributed by atoms with van der Waals surface area (Å²) in [6.07, 6.45) is 5.04. The normalized spacial score (nSPS) is 13.9. The Kier molecular flexibility index (Phi) is 9.09. The number of rotatable bonds is 12. The first-order valence-electron chi connectivity index (χ1n) is 12.9. The summed E-state index contributed by atoms with van der Waals surface area (Å²) in [4.78, 5) is 8.03. The van der Waals surface area contributed by atoms with Crippen molar-refractivity contribution in [2.75, 3.05) is 17.2 Å². The van der Waals surface area contributed by atoms with Crippen molar-refractivity contribution in [3.05, 3.63) is 60.3 Å². The molecule has 1 fully saturated rings. The Morgan fingerprint density at radius 2 is 1.70 bits per heavy atom. The van der Waals surface area contributed by atoms with Gasteiger partial charge in [0.05, 0.1) is 12.7 Å². The monoisotopic (exact) mass is 514 g/mol. The molecule has 1 aromatic heterocycles. The molecule has 37 heavy (non-hydrogen) atoms. The molecule has 2 N–H and O–H groups in total. The molecule has 1 aliphatic carbocycles. The number of hydrogen-bond acceptors (Lipinski definition) is 6. The summed E-state index contributed by atoms with van der Waals surface area (Å²) in [7, 11) is 0. The second-order valence-corrected chi connectivity index (χ2v) is 9.19. The zero-order chi connectivity index (χ0) is 26.1. The summed E-state index contributed by atoms with van der Waals surface area (Å²) < 4.78 is 52.8. The van der Waals surface area contributed by atoms with Gasteiger partial charge >= 0.3 is 6.18 Å². The van der Waals surface area contributed by atoms with Gasteiger partial charge in [-0.25, -0.2) is 4.98 Å². The first-order chi connectivity index (χ1) is 17.9. The number of halogens is 3. The highest BCUT2D eigenvalue weighted by Crippen LogP contribution is 2.36. The van der Waals surface area contributed by atoms with E-state index in [1.54, 1.807) is 48.5 Å². The molecule has 4 rings (SSSR count). The number of alkyl halides is 3. The molecule has 1 heterocycles. The van der Waals surface area contributed by atoms with Crippen LogP contribution in [0.15, 0.2) is 54.7 Å². The van der Waals surface area contributed by atoms with Crippen molar-refractivity contribution in [3.63, 3.8) is 0 Å². The Balaban J connectivity index is 1.44. The third-order valence-electron chi connectivity index (χ3n) is 6.17. The Morgan fingerprint density at radius 3 is 2.43 bits per heavy atom. The van der Waals surface area contributed by atoms with E-state index in [2.05, 4.69) is 27.5 Å². The van der Waals surface area contributed by atoms with E-state index in [1.807, 2.05) is 0 Å². The van der Waals surface area contributed by atoms with Gasteiger partial charge in [0.1, 0.15) is 22.9 Å². The van der Waals surface area contributed by atoms with Crippen molar-refractivity contribution in [2.45, 2.75) is 70.6 Å².